The van der Waals surface area contributed by atoms with Crippen LogP contribution >= 0.6 is 0 Å². The molecule has 0 aliphatic heterocycles. The highest BCUT2D eigenvalue weighted by Crippen LogP contribution is 2.25. The van der Waals surface area contributed by atoms with Gasteiger partial charge in [0.2, 0.25) is 0 Å². The SMILES string of the molecule is O=C(Nc1cccc(OC(F)(F)F)c1)Nc1cc(F)ccc1CCO. The molecule has 0 radical (unpaired) electrons. The van der Waals surface area contributed by atoms with Gasteiger partial charge in [-0.3, -0.25) is 0 Å². The van der Waals surface area contributed by atoms with Gasteiger partial charge in [0.1, 0.15) is 11.6 Å². The topological polar surface area (TPSA) is 70.6 Å². The van der Waals surface area contributed by atoms with Crippen molar-refractivity contribution in [2.75, 3.05) is 17.2 Å². The smallest absolute Gasteiger partial charge is 0.406 e. The second-order valence-electron chi connectivity index (χ2n) is 4.93. The molecular formula is C16H14F4N2O3. The zero-order valence-electron chi connectivity index (χ0n) is 12.7. The summed E-state index contributed by atoms with van der Waals surface area (Å²) in [6.45, 7) is -0.196. The average molecular weight is 358 g/mol. The van der Waals surface area contributed by atoms with Crippen LogP contribution in [-0.2, 0) is 6.42 Å². The van der Waals surface area contributed by atoms with Gasteiger partial charge >= 0.3 is 12.4 Å². The van der Waals surface area contributed by atoms with Gasteiger partial charge in [0.25, 0.3) is 0 Å². The van der Waals surface area contributed by atoms with Gasteiger partial charge in [0.15, 0.2) is 0 Å². The van der Waals surface area contributed by atoms with Crippen molar-refractivity contribution in [3.05, 3.63) is 53.8 Å². The van der Waals surface area contributed by atoms with Crippen molar-refractivity contribution >= 4 is 17.4 Å². The first-order valence-corrected chi connectivity index (χ1v) is 7.10. The van der Waals surface area contributed by atoms with Gasteiger partial charge < -0.3 is 20.5 Å². The van der Waals surface area contributed by atoms with E-state index >= 15 is 0 Å². The highest BCUT2D eigenvalue weighted by Gasteiger charge is 2.31. The van der Waals surface area contributed by atoms with Crippen LogP contribution in [0.5, 0.6) is 5.75 Å². The number of urea groups is 1. The van der Waals surface area contributed by atoms with Crippen LogP contribution in [0.2, 0.25) is 0 Å². The highest BCUT2D eigenvalue weighted by molar-refractivity contribution is 6.00. The lowest BCUT2D eigenvalue weighted by atomic mass is 10.1. The number of rotatable bonds is 5. The van der Waals surface area contributed by atoms with Gasteiger partial charge in [0, 0.05) is 24.0 Å². The minimum Gasteiger partial charge on any atom is -0.406 e. The lowest BCUT2D eigenvalue weighted by molar-refractivity contribution is -0.274. The standard InChI is InChI=1S/C16H14F4N2O3/c17-11-5-4-10(6-7-23)14(8-11)22-15(24)21-12-2-1-3-13(9-12)25-16(18,19)20/h1-5,8-9,23H,6-7H2,(H2,21,22,24). The predicted molar refractivity (Wildman–Crippen MR) is 83.0 cm³/mol. The van der Waals surface area contributed by atoms with E-state index in [2.05, 4.69) is 15.4 Å². The van der Waals surface area contributed by atoms with Crippen molar-refractivity contribution in [2.45, 2.75) is 12.8 Å². The molecule has 0 aliphatic carbocycles. The molecular weight excluding hydrogens is 344 g/mol. The molecule has 9 heteroatoms. The summed E-state index contributed by atoms with van der Waals surface area (Å²) in [5.74, 6) is -1.07. The molecule has 134 valence electrons. The van der Waals surface area contributed by atoms with Crippen molar-refractivity contribution in [1.82, 2.24) is 0 Å². The zero-order valence-corrected chi connectivity index (χ0v) is 12.7. The Kier molecular flexibility index (Phi) is 5.81. The predicted octanol–water partition coefficient (Wildman–Crippen LogP) is 3.90. The van der Waals surface area contributed by atoms with Crippen LogP contribution in [0.15, 0.2) is 42.5 Å². The first kappa shape index (κ1) is 18.5. The molecule has 0 unspecified atom stereocenters. The van der Waals surface area contributed by atoms with E-state index in [4.69, 9.17) is 5.11 Å². The minimum atomic E-state index is -4.85. The van der Waals surface area contributed by atoms with Gasteiger partial charge in [-0.2, -0.15) is 0 Å². The van der Waals surface area contributed by atoms with E-state index in [9.17, 15) is 22.4 Å². The molecule has 2 rings (SSSR count). The van der Waals surface area contributed by atoms with Gasteiger partial charge in [-0.1, -0.05) is 12.1 Å². The number of amides is 2. The van der Waals surface area contributed by atoms with Crippen LogP contribution < -0.4 is 15.4 Å². The molecule has 0 fully saturated rings. The molecule has 0 atom stereocenters. The number of nitrogens with one attached hydrogen (secondary N) is 2. The molecule has 0 aromatic heterocycles. The molecule has 2 aromatic rings. The first-order chi connectivity index (χ1) is 11.8. The van der Waals surface area contributed by atoms with E-state index in [1.807, 2.05) is 0 Å². The normalized spacial score (nSPS) is 11.1. The fraction of sp³-hybridized carbons (Fsp3) is 0.188. The third-order valence-corrected chi connectivity index (χ3v) is 3.03. The number of carbonyl (C=O) groups excluding carboxylic acids is 1. The van der Waals surface area contributed by atoms with Crippen molar-refractivity contribution in [3.63, 3.8) is 0 Å². The molecule has 2 aromatic carbocycles. The lowest BCUT2D eigenvalue weighted by Crippen LogP contribution is -2.21. The maximum Gasteiger partial charge on any atom is 0.573 e. The minimum absolute atomic E-state index is 0.0550. The Bertz CT molecular complexity index is 750. The van der Waals surface area contributed by atoms with E-state index < -0.39 is 24.0 Å². The monoisotopic (exact) mass is 358 g/mol. The van der Waals surface area contributed by atoms with Crippen LogP contribution in [0.3, 0.4) is 0 Å². The Morgan fingerprint density at radius 2 is 1.88 bits per heavy atom. The van der Waals surface area contributed by atoms with Gasteiger partial charge in [-0.25, -0.2) is 9.18 Å². The summed E-state index contributed by atoms with van der Waals surface area (Å²) in [5, 5.41) is 13.7. The first-order valence-electron chi connectivity index (χ1n) is 7.10. The highest BCUT2D eigenvalue weighted by atomic mass is 19.4. The summed E-state index contributed by atoms with van der Waals surface area (Å²) < 4.78 is 53.7. The second-order valence-corrected chi connectivity index (χ2v) is 4.93. The number of alkyl halides is 3. The molecule has 25 heavy (non-hydrogen) atoms. The molecule has 0 saturated heterocycles. The Morgan fingerprint density at radius 3 is 2.56 bits per heavy atom. The number of hydrogen-bond donors (Lipinski definition) is 3. The molecule has 0 spiro atoms. The number of aliphatic hydroxyl groups excluding tert-OH is 1. The van der Waals surface area contributed by atoms with Gasteiger partial charge in [-0.05, 0) is 36.2 Å². The largest absolute Gasteiger partial charge is 0.573 e. The summed E-state index contributed by atoms with van der Waals surface area (Å²) >= 11 is 0. The number of carbonyl (C=O) groups is 1. The van der Waals surface area contributed by atoms with Gasteiger partial charge in [0.05, 0.1) is 0 Å². The van der Waals surface area contributed by atoms with Crippen molar-refractivity contribution in [1.29, 1.82) is 0 Å². The van der Waals surface area contributed by atoms with Crippen LogP contribution in [0, 0.1) is 5.82 Å². The Morgan fingerprint density at radius 1 is 1.12 bits per heavy atom. The van der Waals surface area contributed by atoms with Crippen LogP contribution in [0.4, 0.5) is 33.7 Å². The van der Waals surface area contributed by atoms with E-state index in [1.165, 1.54) is 24.3 Å². The van der Waals surface area contributed by atoms with Crippen molar-refractivity contribution in [2.24, 2.45) is 0 Å². The maximum absolute atomic E-state index is 13.3. The molecule has 3 N–H and O–H groups in total. The molecule has 0 bridgehead atoms. The number of ether oxygens (including phenoxy) is 1. The molecule has 0 aliphatic rings. The number of hydrogen-bond acceptors (Lipinski definition) is 3. The number of halogens is 4. The molecule has 5 nitrogen and oxygen atoms in total. The fourth-order valence-electron chi connectivity index (χ4n) is 2.06. The van der Waals surface area contributed by atoms with Gasteiger partial charge in [-0.15, -0.1) is 13.2 Å². The number of aliphatic hydroxyl groups is 1. The summed E-state index contributed by atoms with van der Waals surface area (Å²) in [4.78, 5) is 12.0. The third kappa shape index (κ3) is 5.96. The Balaban J connectivity index is 2.08. The molecule has 0 heterocycles. The maximum atomic E-state index is 13.3. The Labute approximate surface area is 140 Å². The average Bonchev–Trinajstić information content (AvgIpc) is 2.48. The fourth-order valence-corrected chi connectivity index (χ4v) is 2.06. The summed E-state index contributed by atoms with van der Waals surface area (Å²) in [6.07, 6.45) is -4.65. The van der Waals surface area contributed by atoms with E-state index in [1.54, 1.807) is 0 Å². The zero-order chi connectivity index (χ0) is 18.4. The number of anilines is 2. The second kappa shape index (κ2) is 7.84. The molecule has 0 saturated carbocycles. The Hall–Kier alpha value is -2.81. The van der Waals surface area contributed by atoms with Crippen molar-refractivity contribution in [3.8, 4) is 5.75 Å². The van der Waals surface area contributed by atoms with E-state index in [0.717, 1.165) is 18.2 Å². The molecule has 2 amide bonds. The van der Waals surface area contributed by atoms with Crippen LogP contribution in [0.1, 0.15) is 5.56 Å². The van der Waals surface area contributed by atoms with E-state index in [-0.39, 0.29) is 24.4 Å². The number of benzene rings is 2. The summed E-state index contributed by atoms with van der Waals surface area (Å²) in [5.41, 5.74) is 0.710. The van der Waals surface area contributed by atoms with E-state index in [0.29, 0.717) is 5.56 Å². The quantitative estimate of drug-likeness (QED) is 0.710. The van der Waals surface area contributed by atoms with Crippen LogP contribution in [-0.4, -0.2) is 24.1 Å². The lowest BCUT2D eigenvalue weighted by Gasteiger charge is -2.13. The third-order valence-electron chi connectivity index (χ3n) is 3.03. The summed E-state index contributed by atoms with van der Waals surface area (Å²) in [7, 11) is 0. The van der Waals surface area contributed by atoms with Crippen molar-refractivity contribution < 1.29 is 32.2 Å². The summed E-state index contributed by atoms with van der Waals surface area (Å²) in [6, 6.07) is 7.61. The van der Waals surface area contributed by atoms with Crippen LogP contribution in [0.25, 0.3) is 0 Å².